The van der Waals surface area contributed by atoms with Crippen molar-refractivity contribution in [1.82, 2.24) is 0 Å². The summed E-state index contributed by atoms with van der Waals surface area (Å²) in [7, 11) is 0. The van der Waals surface area contributed by atoms with E-state index in [9.17, 15) is 9.18 Å². The summed E-state index contributed by atoms with van der Waals surface area (Å²) in [6, 6.07) is 12.0. The summed E-state index contributed by atoms with van der Waals surface area (Å²) >= 11 is 0. The summed E-state index contributed by atoms with van der Waals surface area (Å²) in [6.07, 6.45) is 2.27. The standard InChI is InChI=1S/C22H22FN3O/c1-13-21(25-17-8-6-16(23)7-9-17)19-12-18(24-3)10-11-20(19)26(14(2)27)22(13)15-4-5-15/h6-13,15,21-22,25H,4-5H2,1-2H3/t13-,21-,22-/m1/s1. The number of rotatable bonds is 3. The largest absolute Gasteiger partial charge is 0.378 e. The van der Waals surface area contributed by atoms with Gasteiger partial charge in [0.05, 0.1) is 12.6 Å². The van der Waals surface area contributed by atoms with Crippen LogP contribution >= 0.6 is 0 Å². The fourth-order valence-corrected chi connectivity index (χ4v) is 4.35. The first-order valence-corrected chi connectivity index (χ1v) is 9.33. The van der Waals surface area contributed by atoms with E-state index in [-0.39, 0.29) is 29.7 Å². The number of hydrogen-bond donors (Lipinski definition) is 1. The summed E-state index contributed by atoms with van der Waals surface area (Å²) in [5.74, 6) is 0.442. The maximum Gasteiger partial charge on any atom is 0.224 e. The zero-order chi connectivity index (χ0) is 19.1. The fraction of sp³-hybridized carbons (Fsp3) is 0.364. The van der Waals surface area contributed by atoms with E-state index in [2.05, 4.69) is 17.1 Å². The van der Waals surface area contributed by atoms with E-state index in [0.29, 0.717) is 11.6 Å². The highest BCUT2D eigenvalue weighted by molar-refractivity contribution is 5.94. The van der Waals surface area contributed by atoms with E-state index < -0.39 is 0 Å². The molecule has 0 spiro atoms. The molecule has 5 heteroatoms. The molecule has 1 saturated carbocycles. The van der Waals surface area contributed by atoms with Gasteiger partial charge in [0.25, 0.3) is 0 Å². The van der Waals surface area contributed by atoms with Gasteiger partial charge < -0.3 is 10.2 Å². The molecule has 1 aliphatic carbocycles. The van der Waals surface area contributed by atoms with E-state index in [4.69, 9.17) is 6.57 Å². The predicted molar refractivity (Wildman–Crippen MR) is 104 cm³/mol. The van der Waals surface area contributed by atoms with Crippen molar-refractivity contribution in [3.05, 3.63) is 65.3 Å². The Morgan fingerprint density at radius 3 is 2.52 bits per heavy atom. The van der Waals surface area contributed by atoms with Gasteiger partial charge in [-0.1, -0.05) is 13.0 Å². The van der Waals surface area contributed by atoms with Gasteiger partial charge in [0, 0.05) is 30.3 Å². The summed E-state index contributed by atoms with van der Waals surface area (Å²) in [5.41, 5.74) is 3.22. The summed E-state index contributed by atoms with van der Waals surface area (Å²) in [6.45, 7) is 11.1. The second-order valence-electron chi connectivity index (χ2n) is 7.56. The first-order valence-electron chi connectivity index (χ1n) is 9.33. The molecule has 2 aromatic rings. The molecule has 2 aliphatic rings. The third-order valence-electron chi connectivity index (χ3n) is 5.71. The van der Waals surface area contributed by atoms with E-state index in [0.717, 1.165) is 29.8 Å². The molecule has 0 aromatic heterocycles. The molecule has 1 fully saturated rings. The Morgan fingerprint density at radius 1 is 1.22 bits per heavy atom. The minimum absolute atomic E-state index is 0.0378. The van der Waals surface area contributed by atoms with Crippen molar-refractivity contribution >= 4 is 23.0 Å². The zero-order valence-electron chi connectivity index (χ0n) is 15.4. The SMILES string of the molecule is [C-]#[N+]c1ccc2c(c1)[C@H](Nc1ccc(F)cc1)[C@@H](C)[C@H](C1CC1)N2C(C)=O. The lowest BCUT2D eigenvalue weighted by molar-refractivity contribution is -0.117. The lowest BCUT2D eigenvalue weighted by Gasteiger charge is -2.46. The van der Waals surface area contributed by atoms with Gasteiger partial charge in [-0.25, -0.2) is 9.24 Å². The molecule has 0 bridgehead atoms. The normalized spacial score (nSPS) is 24.1. The van der Waals surface area contributed by atoms with Crippen molar-refractivity contribution in [3.8, 4) is 0 Å². The number of halogens is 1. The van der Waals surface area contributed by atoms with Crippen molar-refractivity contribution in [2.45, 2.75) is 38.8 Å². The number of carbonyl (C=O) groups is 1. The lowest BCUT2D eigenvalue weighted by atomic mass is 9.79. The maximum absolute atomic E-state index is 13.3. The highest BCUT2D eigenvalue weighted by atomic mass is 19.1. The monoisotopic (exact) mass is 363 g/mol. The van der Waals surface area contributed by atoms with Crippen LogP contribution in [-0.2, 0) is 4.79 Å². The number of nitrogens with one attached hydrogen (secondary N) is 1. The van der Waals surface area contributed by atoms with Gasteiger partial charge in [-0.05, 0) is 60.7 Å². The Labute approximate surface area is 158 Å². The Morgan fingerprint density at radius 2 is 1.93 bits per heavy atom. The van der Waals surface area contributed by atoms with Gasteiger partial charge in [-0.15, -0.1) is 0 Å². The average Bonchev–Trinajstić information content (AvgIpc) is 3.49. The second kappa shape index (κ2) is 6.70. The molecule has 27 heavy (non-hydrogen) atoms. The number of nitrogens with zero attached hydrogens (tertiary/aromatic N) is 2. The molecule has 1 aliphatic heterocycles. The van der Waals surface area contributed by atoms with Crippen LogP contribution < -0.4 is 10.2 Å². The summed E-state index contributed by atoms with van der Waals surface area (Å²) < 4.78 is 13.3. The van der Waals surface area contributed by atoms with Gasteiger partial charge in [0.2, 0.25) is 5.91 Å². The number of amides is 1. The third kappa shape index (κ3) is 3.16. The maximum atomic E-state index is 13.3. The van der Waals surface area contributed by atoms with E-state index in [1.165, 1.54) is 12.1 Å². The van der Waals surface area contributed by atoms with Crippen LogP contribution in [0, 0.1) is 24.2 Å². The van der Waals surface area contributed by atoms with Crippen LogP contribution in [0.5, 0.6) is 0 Å². The molecular formula is C22H22FN3O. The third-order valence-corrected chi connectivity index (χ3v) is 5.71. The van der Waals surface area contributed by atoms with Crippen LogP contribution in [0.2, 0.25) is 0 Å². The molecule has 0 saturated heterocycles. The minimum Gasteiger partial charge on any atom is -0.378 e. The predicted octanol–water partition coefficient (Wildman–Crippen LogP) is 5.31. The van der Waals surface area contributed by atoms with Crippen molar-refractivity contribution in [2.24, 2.45) is 11.8 Å². The average molecular weight is 363 g/mol. The molecule has 1 N–H and O–H groups in total. The molecular weight excluding hydrogens is 341 g/mol. The number of hydrogen-bond acceptors (Lipinski definition) is 2. The van der Waals surface area contributed by atoms with Gasteiger partial charge in [-0.3, -0.25) is 4.79 Å². The number of benzene rings is 2. The van der Waals surface area contributed by atoms with Gasteiger partial charge in [-0.2, -0.15) is 0 Å². The topological polar surface area (TPSA) is 36.7 Å². The van der Waals surface area contributed by atoms with Gasteiger partial charge >= 0.3 is 0 Å². The van der Waals surface area contributed by atoms with Crippen LogP contribution in [0.1, 0.15) is 38.3 Å². The van der Waals surface area contributed by atoms with E-state index >= 15 is 0 Å². The molecule has 1 heterocycles. The van der Waals surface area contributed by atoms with Crippen molar-refractivity contribution in [2.75, 3.05) is 10.2 Å². The Bertz CT molecular complexity index is 914. The number of anilines is 2. The van der Waals surface area contributed by atoms with Crippen LogP contribution in [0.15, 0.2) is 42.5 Å². The molecule has 0 radical (unpaired) electrons. The molecule has 4 nitrogen and oxygen atoms in total. The van der Waals surface area contributed by atoms with Crippen molar-refractivity contribution in [3.63, 3.8) is 0 Å². The van der Waals surface area contributed by atoms with Gasteiger partial charge in [0.1, 0.15) is 5.82 Å². The quantitative estimate of drug-likeness (QED) is 0.750. The fourth-order valence-electron chi connectivity index (χ4n) is 4.35. The molecule has 138 valence electrons. The minimum atomic E-state index is -0.272. The Kier molecular flexibility index (Phi) is 4.35. The molecule has 0 unspecified atom stereocenters. The zero-order valence-corrected chi connectivity index (χ0v) is 15.4. The van der Waals surface area contributed by atoms with Crippen molar-refractivity contribution < 1.29 is 9.18 Å². The number of carbonyl (C=O) groups excluding carboxylic acids is 1. The highest BCUT2D eigenvalue weighted by Crippen LogP contribution is 2.50. The molecule has 2 aromatic carbocycles. The molecule has 1 amide bonds. The first-order chi connectivity index (χ1) is 13.0. The Balaban J connectivity index is 1.81. The smallest absolute Gasteiger partial charge is 0.224 e. The van der Waals surface area contributed by atoms with Crippen LogP contribution in [0.25, 0.3) is 4.85 Å². The van der Waals surface area contributed by atoms with E-state index in [1.54, 1.807) is 25.1 Å². The summed E-state index contributed by atoms with van der Waals surface area (Å²) in [5, 5.41) is 3.53. The Hall–Kier alpha value is -2.87. The van der Waals surface area contributed by atoms with Crippen molar-refractivity contribution in [1.29, 1.82) is 0 Å². The molecule has 4 rings (SSSR count). The van der Waals surface area contributed by atoms with Crippen LogP contribution in [-0.4, -0.2) is 11.9 Å². The van der Waals surface area contributed by atoms with Crippen LogP contribution in [0.4, 0.5) is 21.5 Å². The van der Waals surface area contributed by atoms with E-state index in [1.807, 2.05) is 17.0 Å². The van der Waals surface area contributed by atoms with Crippen LogP contribution in [0.3, 0.4) is 0 Å². The first kappa shape index (κ1) is 17.5. The second-order valence-corrected chi connectivity index (χ2v) is 7.56. The lowest BCUT2D eigenvalue weighted by Crippen LogP contribution is -2.51. The summed E-state index contributed by atoms with van der Waals surface area (Å²) in [4.78, 5) is 18.0. The molecule has 3 atom stereocenters. The highest BCUT2D eigenvalue weighted by Gasteiger charge is 2.47. The van der Waals surface area contributed by atoms with Gasteiger partial charge in [0.15, 0.2) is 5.69 Å². The number of fused-ring (bicyclic) bond motifs is 1.